The number of ether oxygens (including phenoxy) is 2. The molecule has 1 aromatic rings. The van der Waals surface area contributed by atoms with Gasteiger partial charge in [-0.15, -0.1) is 0 Å². The van der Waals surface area contributed by atoms with Crippen molar-refractivity contribution in [2.24, 2.45) is 0 Å². The molecule has 0 aromatic heterocycles. The lowest BCUT2D eigenvalue weighted by molar-refractivity contribution is -0.0511. The van der Waals surface area contributed by atoms with Gasteiger partial charge in [0.05, 0.1) is 18.2 Å². The number of epoxide rings is 1. The summed E-state index contributed by atoms with van der Waals surface area (Å²) in [5.41, 5.74) is 0.383. The number of carbonyl (C=O) groups excluding carboxylic acids is 1. The van der Waals surface area contributed by atoms with Crippen LogP contribution in [0.25, 0.3) is 0 Å². The molecule has 1 aromatic carbocycles. The highest BCUT2D eigenvalue weighted by Gasteiger charge is 2.54. The molecule has 0 spiro atoms. The molecule has 150 valence electrons. The fourth-order valence-corrected chi connectivity index (χ4v) is 4.56. The molecular formula is C22H25BrFNO3. The maximum atomic E-state index is 14.7. The van der Waals surface area contributed by atoms with Crippen LogP contribution >= 0.6 is 15.9 Å². The summed E-state index contributed by atoms with van der Waals surface area (Å²) >= 11 is 3.44. The molecule has 1 amide bonds. The molecule has 2 saturated heterocycles. The highest BCUT2D eigenvalue weighted by atomic mass is 79.9. The number of amides is 1. The first kappa shape index (κ1) is 19.6. The Kier molecular flexibility index (Phi) is 5.12. The SMILES string of the molecule is C[C@@H](c1ccc(Br)cc1)N1CC[C@](CC2(C)CO2)(C2=C(F)C=CCC2)OC1=O. The number of allylic oxidation sites excluding steroid dienone is 3. The fourth-order valence-electron chi connectivity index (χ4n) is 4.30. The highest BCUT2D eigenvalue weighted by Crippen LogP contribution is 2.47. The molecule has 1 unspecified atom stereocenters. The van der Waals surface area contributed by atoms with E-state index >= 15 is 0 Å². The zero-order valence-corrected chi connectivity index (χ0v) is 17.8. The third-order valence-corrected chi connectivity index (χ3v) is 6.58. The van der Waals surface area contributed by atoms with Gasteiger partial charge in [0.1, 0.15) is 11.4 Å². The van der Waals surface area contributed by atoms with Crippen LogP contribution in [0, 0.1) is 0 Å². The molecule has 0 saturated carbocycles. The van der Waals surface area contributed by atoms with Gasteiger partial charge in [-0.1, -0.05) is 34.1 Å². The molecular weight excluding hydrogens is 425 g/mol. The first-order chi connectivity index (χ1) is 13.3. The minimum absolute atomic E-state index is 0.114. The summed E-state index contributed by atoms with van der Waals surface area (Å²) in [7, 11) is 0. The van der Waals surface area contributed by atoms with Gasteiger partial charge in [0.2, 0.25) is 0 Å². The first-order valence-electron chi connectivity index (χ1n) is 9.77. The van der Waals surface area contributed by atoms with Crippen LogP contribution < -0.4 is 0 Å². The second kappa shape index (κ2) is 7.30. The monoisotopic (exact) mass is 449 g/mol. The Balaban J connectivity index is 1.59. The average molecular weight is 450 g/mol. The summed E-state index contributed by atoms with van der Waals surface area (Å²) in [5, 5.41) is 0. The maximum absolute atomic E-state index is 14.7. The van der Waals surface area contributed by atoms with Gasteiger partial charge in [0, 0.05) is 29.4 Å². The zero-order valence-electron chi connectivity index (χ0n) is 16.2. The molecule has 0 bridgehead atoms. The lowest BCUT2D eigenvalue weighted by Crippen LogP contribution is -2.53. The van der Waals surface area contributed by atoms with Crippen molar-refractivity contribution in [1.82, 2.24) is 4.90 Å². The number of benzene rings is 1. The smallest absolute Gasteiger partial charge is 0.411 e. The van der Waals surface area contributed by atoms with Crippen LogP contribution in [-0.2, 0) is 9.47 Å². The van der Waals surface area contributed by atoms with E-state index < -0.39 is 5.60 Å². The number of hydrogen-bond acceptors (Lipinski definition) is 3. The highest BCUT2D eigenvalue weighted by molar-refractivity contribution is 9.10. The Morgan fingerprint density at radius 2 is 2.04 bits per heavy atom. The number of hydrogen-bond donors (Lipinski definition) is 0. The predicted molar refractivity (Wildman–Crippen MR) is 109 cm³/mol. The van der Waals surface area contributed by atoms with Gasteiger partial charge < -0.3 is 14.4 Å². The molecule has 3 aliphatic rings. The third-order valence-electron chi connectivity index (χ3n) is 6.05. The molecule has 2 fully saturated rings. The first-order valence-corrected chi connectivity index (χ1v) is 10.6. The normalized spacial score (nSPS) is 31.0. The standard InChI is InChI=1S/C22H25BrFNO3/c1-15(16-7-9-17(23)10-8-16)25-12-11-22(28-20(25)26,13-21(2)14-27-21)18-5-3-4-6-19(18)24/h4,6-10,15H,3,5,11-14H2,1-2H3/t15-,21?,22-/m0/s1. The van der Waals surface area contributed by atoms with Crippen LogP contribution in [0.5, 0.6) is 0 Å². The van der Waals surface area contributed by atoms with Gasteiger partial charge in [-0.3, -0.25) is 0 Å². The van der Waals surface area contributed by atoms with Crippen LogP contribution in [0.2, 0.25) is 0 Å². The molecule has 2 aliphatic heterocycles. The minimum atomic E-state index is -0.923. The molecule has 0 radical (unpaired) electrons. The molecule has 28 heavy (non-hydrogen) atoms. The molecule has 3 atom stereocenters. The van der Waals surface area contributed by atoms with Crippen LogP contribution in [0.4, 0.5) is 9.18 Å². The van der Waals surface area contributed by atoms with Crippen molar-refractivity contribution >= 4 is 22.0 Å². The van der Waals surface area contributed by atoms with E-state index in [-0.39, 0.29) is 23.6 Å². The average Bonchev–Trinajstić information content (AvgIpc) is 3.38. The van der Waals surface area contributed by atoms with E-state index in [1.807, 2.05) is 44.2 Å². The van der Waals surface area contributed by atoms with Gasteiger partial charge in [0.25, 0.3) is 0 Å². The molecule has 4 nitrogen and oxygen atoms in total. The van der Waals surface area contributed by atoms with E-state index in [0.717, 1.165) is 16.5 Å². The van der Waals surface area contributed by atoms with Crippen molar-refractivity contribution in [2.75, 3.05) is 13.2 Å². The Morgan fingerprint density at radius 1 is 1.32 bits per heavy atom. The fraction of sp³-hybridized carbons (Fsp3) is 0.500. The van der Waals surface area contributed by atoms with Gasteiger partial charge in [-0.05, 0) is 50.5 Å². The van der Waals surface area contributed by atoms with E-state index in [0.29, 0.717) is 38.0 Å². The Labute approximate surface area is 173 Å². The van der Waals surface area contributed by atoms with Crippen molar-refractivity contribution in [3.63, 3.8) is 0 Å². The largest absolute Gasteiger partial charge is 0.438 e. The molecule has 6 heteroatoms. The summed E-state index contributed by atoms with van der Waals surface area (Å²) in [6.07, 6.45) is 5.35. The van der Waals surface area contributed by atoms with Gasteiger partial charge in [-0.2, -0.15) is 0 Å². The number of halogens is 2. The second-order valence-corrected chi connectivity index (χ2v) is 9.13. The van der Waals surface area contributed by atoms with Crippen LogP contribution in [-0.4, -0.2) is 35.3 Å². The van der Waals surface area contributed by atoms with Gasteiger partial charge in [0.15, 0.2) is 0 Å². The van der Waals surface area contributed by atoms with E-state index in [9.17, 15) is 9.18 Å². The quantitative estimate of drug-likeness (QED) is 0.529. The van der Waals surface area contributed by atoms with Crippen molar-refractivity contribution < 1.29 is 18.7 Å². The van der Waals surface area contributed by atoms with Crippen LogP contribution in [0.15, 0.2) is 52.3 Å². The number of cyclic esters (lactones) is 1. The lowest BCUT2D eigenvalue weighted by atomic mass is 9.77. The number of nitrogens with zero attached hydrogens (tertiary/aromatic N) is 1. The van der Waals surface area contributed by atoms with E-state index in [1.54, 1.807) is 4.90 Å². The summed E-state index contributed by atoms with van der Waals surface area (Å²) in [6, 6.07) is 7.81. The number of rotatable bonds is 5. The van der Waals surface area contributed by atoms with Crippen molar-refractivity contribution in [3.8, 4) is 0 Å². The van der Waals surface area contributed by atoms with Crippen molar-refractivity contribution in [3.05, 3.63) is 57.9 Å². The topological polar surface area (TPSA) is 42.1 Å². The molecule has 4 rings (SSSR count). The lowest BCUT2D eigenvalue weighted by Gasteiger charge is -2.45. The maximum Gasteiger partial charge on any atom is 0.411 e. The summed E-state index contributed by atoms with van der Waals surface area (Å²) in [5.74, 6) is -0.266. The third kappa shape index (κ3) is 3.77. The van der Waals surface area contributed by atoms with E-state index in [1.165, 1.54) is 6.08 Å². The Bertz CT molecular complexity index is 831. The summed E-state index contributed by atoms with van der Waals surface area (Å²) < 4.78 is 27.3. The second-order valence-electron chi connectivity index (χ2n) is 8.22. The predicted octanol–water partition coefficient (Wildman–Crippen LogP) is 5.84. The molecule has 0 N–H and O–H groups in total. The minimum Gasteiger partial charge on any atom is -0.438 e. The molecule has 2 heterocycles. The Morgan fingerprint density at radius 3 is 2.64 bits per heavy atom. The van der Waals surface area contributed by atoms with Crippen molar-refractivity contribution in [2.45, 2.75) is 56.8 Å². The Hall–Kier alpha value is -1.66. The van der Waals surface area contributed by atoms with Crippen molar-refractivity contribution in [1.29, 1.82) is 0 Å². The van der Waals surface area contributed by atoms with Crippen LogP contribution in [0.1, 0.15) is 51.1 Å². The zero-order chi connectivity index (χ0) is 19.9. The van der Waals surface area contributed by atoms with E-state index in [4.69, 9.17) is 9.47 Å². The molecule has 1 aliphatic carbocycles. The summed E-state index contributed by atoms with van der Waals surface area (Å²) in [6.45, 7) is 5.13. The number of carbonyl (C=O) groups is 1. The van der Waals surface area contributed by atoms with Gasteiger partial charge >= 0.3 is 6.09 Å². The van der Waals surface area contributed by atoms with Crippen LogP contribution in [0.3, 0.4) is 0 Å². The van der Waals surface area contributed by atoms with Gasteiger partial charge in [-0.25, -0.2) is 9.18 Å². The summed E-state index contributed by atoms with van der Waals surface area (Å²) in [4.78, 5) is 14.8. The van der Waals surface area contributed by atoms with E-state index in [2.05, 4.69) is 15.9 Å².